The highest BCUT2D eigenvalue weighted by Gasteiger charge is 2.59. The van der Waals surface area contributed by atoms with E-state index in [0.29, 0.717) is 29.9 Å². The molecule has 0 aromatic rings. The topological polar surface area (TPSA) is 49.3 Å². The van der Waals surface area contributed by atoms with E-state index in [1.165, 1.54) is 32.1 Å². The summed E-state index contributed by atoms with van der Waals surface area (Å²) < 4.78 is 0. The van der Waals surface area contributed by atoms with E-state index in [2.05, 4.69) is 25.2 Å². The van der Waals surface area contributed by atoms with Gasteiger partial charge in [0.1, 0.15) is 0 Å². The van der Waals surface area contributed by atoms with Crippen LogP contribution < -0.4 is 5.32 Å². The van der Waals surface area contributed by atoms with E-state index in [4.69, 9.17) is 0 Å². The molecule has 3 fully saturated rings. The summed E-state index contributed by atoms with van der Waals surface area (Å²) in [6.07, 6.45) is 11.3. The Morgan fingerprint density at radius 3 is 2.77 bits per heavy atom. The summed E-state index contributed by atoms with van der Waals surface area (Å²) >= 11 is 0. The Labute approximate surface area is 133 Å². The van der Waals surface area contributed by atoms with Crippen LogP contribution in [0.3, 0.4) is 0 Å². The quantitative estimate of drug-likeness (QED) is 0.782. The molecule has 3 heteroatoms. The average molecular weight is 303 g/mol. The maximum Gasteiger partial charge on any atom is 0.243 e. The summed E-state index contributed by atoms with van der Waals surface area (Å²) in [5, 5.41) is 13.0. The molecule has 0 aromatic carbocycles. The van der Waals surface area contributed by atoms with Crippen LogP contribution in [-0.2, 0) is 4.79 Å². The molecule has 3 saturated carbocycles. The maximum atomic E-state index is 11.7. The molecule has 4 rings (SSSR count). The van der Waals surface area contributed by atoms with E-state index in [9.17, 15) is 9.90 Å². The predicted octanol–water partition coefficient (Wildman–Crippen LogP) is 2.89. The second-order valence-corrected chi connectivity index (χ2v) is 8.72. The fourth-order valence-electron chi connectivity index (χ4n) is 6.74. The third-order valence-electron chi connectivity index (χ3n) is 8.10. The molecule has 7 atom stereocenters. The van der Waals surface area contributed by atoms with E-state index in [-0.39, 0.29) is 11.3 Å². The lowest BCUT2D eigenvalue weighted by molar-refractivity contribution is -0.122. The molecule has 0 radical (unpaired) electrons. The van der Waals surface area contributed by atoms with Gasteiger partial charge in [-0.2, -0.15) is 0 Å². The minimum atomic E-state index is 0.0859. The zero-order valence-corrected chi connectivity index (χ0v) is 13.8. The molecule has 22 heavy (non-hydrogen) atoms. The van der Waals surface area contributed by atoms with E-state index in [1.54, 1.807) is 6.08 Å². The summed E-state index contributed by atoms with van der Waals surface area (Å²) in [6.45, 7) is 5.17. The second kappa shape index (κ2) is 4.83. The Kier molecular flexibility index (Phi) is 3.24. The molecule has 1 amide bonds. The first kappa shape index (κ1) is 14.7. The Hall–Kier alpha value is -0.830. The molecule has 4 aliphatic rings. The third-order valence-corrected chi connectivity index (χ3v) is 8.10. The van der Waals surface area contributed by atoms with Crippen LogP contribution in [0.15, 0.2) is 12.2 Å². The van der Waals surface area contributed by atoms with Crippen molar-refractivity contribution in [2.24, 2.45) is 34.5 Å². The van der Waals surface area contributed by atoms with Crippen molar-refractivity contribution in [3.05, 3.63) is 12.2 Å². The lowest BCUT2D eigenvalue weighted by Crippen LogP contribution is -2.59. The molecule has 4 unspecified atom stereocenters. The number of hydrogen-bond donors (Lipinski definition) is 2. The van der Waals surface area contributed by atoms with Crippen molar-refractivity contribution in [3.8, 4) is 0 Å². The number of hydrogen-bond acceptors (Lipinski definition) is 2. The number of carbonyl (C=O) groups is 1. The van der Waals surface area contributed by atoms with E-state index in [0.717, 1.165) is 18.3 Å². The van der Waals surface area contributed by atoms with Crippen molar-refractivity contribution in [1.29, 1.82) is 0 Å². The molecule has 0 spiro atoms. The van der Waals surface area contributed by atoms with Crippen LogP contribution in [0.5, 0.6) is 0 Å². The largest absolute Gasteiger partial charge is 0.396 e. The Balaban J connectivity index is 1.66. The molecule has 1 aliphatic heterocycles. The van der Waals surface area contributed by atoms with Gasteiger partial charge in [-0.25, -0.2) is 0 Å². The van der Waals surface area contributed by atoms with Gasteiger partial charge in [0, 0.05) is 18.1 Å². The summed E-state index contributed by atoms with van der Waals surface area (Å²) in [4.78, 5) is 11.7. The number of fused-ring (bicyclic) bond motifs is 5. The van der Waals surface area contributed by atoms with Crippen molar-refractivity contribution < 1.29 is 9.90 Å². The van der Waals surface area contributed by atoms with E-state index < -0.39 is 0 Å². The van der Waals surface area contributed by atoms with Crippen LogP contribution in [0, 0.1) is 34.5 Å². The fraction of sp³-hybridized carbons (Fsp3) is 0.842. The minimum absolute atomic E-state index is 0.0859. The van der Waals surface area contributed by atoms with Crippen molar-refractivity contribution in [3.63, 3.8) is 0 Å². The first-order valence-electron chi connectivity index (χ1n) is 9.09. The van der Waals surface area contributed by atoms with Crippen molar-refractivity contribution >= 4 is 5.91 Å². The van der Waals surface area contributed by atoms with Gasteiger partial charge in [0.05, 0.1) is 0 Å². The van der Waals surface area contributed by atoms with Gasteiger partial charge in [0.2, 0.25) is 5.91 Å². The molecular weight excluding hydrogens is 274 g/mol. The van der Waals surface area contributed by atoms with Crippen LogP contribution in [-0.4, -0.2) is 23.7 Å². The van der Waals surface area contributed by atoms with Gasteiger partial charge >= 0.3 is 0 Å². The average Bonchev–Trinajstić information content (AvgIpc) is 2.84. The number of aliphatic hydroxyl groups excluding tert-OH is 1. The molecule has 0 aromatic heterocycles. The molecule has 122 valence electrons. The SMILES string of the molecule is C[C@]12C=CC(=O)NC1CCC1C2CC[C@@]2(C)C1CC[C@@H]2CO. The van der Waals surface area contributed by atoms with Gasteiger partial charge < -0.3 is 10.4 Å². The van der Waals surface area contributed by atoms with Crippen LogP contribution in [0.2, 0.25) is 0 Å². The van der Waals surface area contributed by atoms with Crippen LogP contribution in [0.1, 0.15) is 52.4 Å². The number of rotatable bonds is 1. The van der Waals surface area contributed by atoms with Gasteiger partial charge in [0.25, 0.3) is 0 Å². The first-order valence-corrected chi connectivity index (χ1v) is 9.09. The molecule has 1 heterocycles. The van der Waals surface area contributed by atoms with Gasteiger partial charge in [-0.1, -0.05) is 19.9 Å². The van der Waals surface area contributed by atoms with Gasteiger partial charge in [-0.15, -0.1) is 0 Å². The zero-order chi connectivity index (χ0) is 15.5. The van der Waals surface area contributed by atoms with Gasteiger partial charge in [0.15, 0.2) is 0 Å². The predicted molar refractivity (Wildman–Crippen MR) is 86.0 cm³/mol. The third kappa shape index (κ3) is 1.81. The highest BCUT2D eigenvalue weighted by molar-refractivity contribution is 5.89. The maximum absolute atomic E-state index is 11.7. The Morgan fingerprint density at radius 2 is 2.00 bits per heavy atom. The summed E-state index contributed by atoms with van der Waals surface area (Å²) in [5.74, 6) is 2.83. The summed E-state index contributed by atoms with van der Waals surface area (Å²) in [6, 6.07) is 0.325. The number of aliphatic hydroxyl groups is 1. The second-order valence-electron chi connectivity index (χ2n) is 8.72. The highest BCUT2D eigenvalue weighted by Crippen LogP contribution is 2.64. The standard InChI is InChI=1S/C19H29NO2/c1-18-9-7-15-13(14(18)5-3-12(18)11-21)4-6-16-19(15,2)10-8-17(22)20-16/h8,10,12-16,21H,3-7,9,11H2,1-2H3,(H,20,22)/t12-,13?,14?,15?,16?,18-,19-/m1/s1. The van der Waals surface area contributed by atoms with Crippen LogP contribution in [0.4, 0.5) is 0 Å². The number of carbonyl (C=O) groups excluding carboxylic acids is 1. The number of amides is 1. The zero-order valence-electron chi connectivity index (χ0n) is 13.8. The van der Waals surface area contributed by atoms with Crippen molar-refractivity contribution in [1.82, 2.24) is 5.32 Å². The van der Waals surface area contributed by atoms with E-state index >= 15 is 0 Å². The van der Waals surface area contributed by atoms with Crippen molar-refractivity contribution in [2.75, 3.05) is 6.61 Å². The molecule has 3 nitrogen and oxygen atoms in total. The summed E-state index contributed by atoms with van der Waals surface area (Å²) in [5.41, 5.74) is 0.482. The van der Waals surface area contributed by atoms with Crippen molar-refractivity contribution in [2.45, 2.75) is 58.4 Å². The van der Waals surface area contributed by atoms with Gasteiger partial charge in [-0.05, 0) is 73.7 Å². The first-order chi connectivity index (χ1) is 10.5. The smallest absolute Gasteiger partial charge is 0.243 e. The monoisotopic (exact) mass is 303 g/mol. The van der Waals surface area contributed by atoms with Gasteiger partial charge in [-0.3, -0.25) is 4.79 Å². The van der Waals surface area contributed by atoms with Crippen LogP contribution in [0.25, 0.3) is 0 Å². The molecule has 2 N–H and O–H groups in total. The lowest BCUT2D eigenvalue weighted by Gasteiger charge is -2.58. The molecule has 0 saturated heterocycles. The number of nitrogens with one attached hydrogen (secondary N) is 1. The normalized spacial score (nSPS) is 53.4. The molecule has 3 aliphatic carbocycles. The lowest BCUT2D eigenvalue weighted by atomic mass is 9.48. The summed E-state index contributed by atoms with van der Waals surface area (Å²) in [7, 11) is 0. The highest BCUT2D eigenvalue weighted by atomic mass is 16.3. The van der Waals surface area contributed by atoms with E-state index in [1.807, 2.05) is 0 Å². The van der Waals surface area contributed by atoms with Crippen LogP contribution >= 0.6 is 0 Å². The fourth-order valence-corrected chi connectivity index (χ4v) is 6.74. The molecular formula is C19H29NO2. The Bertz CT molecular complexity index is 516. The molecule has 0 bridgehead atoms. The minimum Gasteiger partial charge on any atom is -0.396 e. The Morgan fingerprint density at radius 1 is 1.18 bits per heavy atom.